The monoisotopic (exact) mass is 284 g/mol. The number of nitrogens with one attached hydrogen (secondary N) is 1. The van der Waals surface area contributed by atoms with Crippen molar-refractivity contribution in [1.82, 2.24) is 15.2 Å². The second-order valence-electron chi connectivity index (χ2n) is 2.52. The third-order valence-corrected chi connectivity index (χ3v) is 3.13. The minimum atomic E-state index is -0.237. The molecule has 15 heavy (non-hydrogen) atoms. The Balaban J connectivity index is 2.11. The number of aromatic nitrogens is 3. The van der Waals surface area contributed by atoms with Crippen LogP contribution in [-0.4, -0.2) is 21.1 Å². The quantitative estimate of drug-likeness (QED) is 0.915. The molecule has 1 N–H and O–H groups in total. The molecule has 0 unspecified atom stereocenters. The summed E-state index contributed by atoms with van der Waals surface area (Å²) in [6, 6.07) is 3.53. The van der Waals surface area contributed by atoms with Crippen molar-refractivity contribution in [1.29, 1.82) is 0 Å². The minimum Gasteiger partial charge on any atom is -0.288 e. The van der Waals surface area contributed by atoms with Crippen molar-refractivity contribution < 1.29 is 4.79 Å². The van der Waals surface area contributed by atoms with Gasteiger partial charge in [0.25, 0.3) is 5.91 Å². The fraction of sp³-hybridized carbons (Fsp3) is 0. The predicted octanol–water partition coefficient (Wildman–Crippen LogP) is 1.95. The van der Waals surface area contributed by atoms with Gasteiger partial charge in [-0.05, 0) is 28.1 Å². The lowest BCUT2D eigenvalue weighted by Gasteiger charge is -1.98. The summed E-state index contributed by atoms with van der Waals surface area (Å²) >= 11 is 4.62. The van der Waals surface area contributed by atoms with E-state index in [-0.39, 0.29) is 11.9 Å². The van der Waals surface area contributed by atoms with E-state index in [1.54, 1.807) is 6.07 Å². The lowest BCUT2D eigenvalue weighted by atomic mass is 10.4. The maximum absolute atomic E-state index is 11.6. The van der Waals surface area contributed by atoms with Crippen LogP contribution in [0.25, 0.3) is 0 Å². The highest BCUT2D eigenvalue weighted by atomic mass is 79.9. The SMILES string of the molecule is O=C(Nc1nccnn1)c1ccc(Br)s1. The molecule has 2 rings (SSSR count). The van der Waals surface area contributed by atoms with Crippen LogP contribution in [0.2, 0.25) is 0 Å². The van der Waals surface area contributed by atoms with Crippen LogP contribution in [0.3, 0.4) is 0 Å². The number of rotatable bonds is 2. The summed E-state index contributed by atoms with van der Waals surface area (Å²) < 4.78 is 0.903. The average Bonchev–Trinajstić information content (AvgIpc) is 2.66. The van der Waals surface area contributed by atoms with Crippen LogP contribution in [0.4, 0.5) is 5.95 Å². The van der Waals surface area contributed by atoms with Crippen molar-refractivity contribution in [2.45, 2.75) is 0 Å². The number of thiophene rings is 1. The molecule has 7 heteroatoms. The van der Waals surface area contributed by atoms with E-state index in [9.17, 15) is 4.79 Å². The first-order valence-corrected chi connectivity index (χ1v) is 5.57. The van der Waals surface area contributed by atoms with Gasteiger partial charge in [-0.1, -0.05) is 0 Å². The van der Waals surface area contributed by atoms with Gasteiger partial charge in [-0.25, -0.2) is 4.98 Å². The molecular weight excluding hydrogens is 280 g/mol. The van der Waals surface area contributed by atoms with E-state index in [0.29, 0.717) is 4.88 Å². The molecule has 0 atom stereocenters. The smallest absolute Gasteiger partial charge is 0.268 e. The Hall–Kier alpha value is -1.34. The number of halogens is 1. The van der Waals surface area contributed by atoms with Crippen molar-refractivity contribution >= 4 is 39.1 Å². The Labute approximate surface area is 97.7 Å². The van der Waals surface area contributed by atoms with Crippen molar-refractivity contribution in [3.8, 4) is 0 Å². The van der Waals surface area contributed by atoms with Crippen molar-refractivity contribution in [3.63, 3.8) is 0 Å². The van der Waals surface area contributed by atoms with E-state index in [1.807, 2.05) is 6.07 Å². The highest BCUT2D eigenvalue weighted by Crippen LogP contribution is 2.22. The van der Waals surface area contributed by atoms with E-state index in [1.165, 1.54) is 23.7 Å². The van der Waals surface area contributed by atoms with Crippen LogP contribution in [0.1, 0.15) is 9.67 Å². The molecule has 0 aliphatic heterocycles. The molecule has 0 saturated heterocycles. The average molecular weight is 285 g/mol. The molecule has 0 aromatic carbocycles. The van der Waals surface area contributed by atoms with Gasteiger partial charge < -0.3 is 0 Å². The molecular formula is C8H5BrN4OS. The molecule has 0 fully saturated rings. The molecule has 0 bridgehead atoms. The van der Waals surface area contributed by atoms with Gasteiger partial charge in [0.15, 0.2) is 0 Å². The van der Waals surface area contributed by atoms with Crippen LogP contribution in [0.15, 0.2) is 28.3 Å². The van der Waals surface area contributed by atoms with E-state index in [4.69, 9.17) is 0 Å². The normalized spacial score (nSPS) is 9.93. The molecule has 76 valence electrons. The summed E-state index contributed by atoms with van der Waals surface area (Å²) in [7, 11) is 0. The van der Waals surface area contributed by atoms with Crippen LogP contribution < -0.4 is 5.32 Å². The largest absolute Gasteiger partial charge is 0.288 e. The topological polar surface area (TPSA) is 67.8 Å². The second-order valence-corrected chi connectivity index (χ2v) is 4.99. The fourth-order valence-electron chi connectivity index (χ4n) is 0.904. The molecule has 0 spiro atoms. The standard InChI is InChI=1S/C8H5BrN4OS/c9-6-2-1-5(15-6)7(14)12-8-10-3-4-11-13-8/h1-4H,(H,10,12,13,14). The Morgan fingerprint density at radius 3 is 2.87 bits per heavy atom. The molecule has 5 nitrogen and oxygen atoms in total. The van der Waals surface area contributed by atoms with Gasteiger partial charge >= 0.3 is 0 Å². The first-order valence-electron chi connectivity index (χ1n) is 3.96. The van der Waals surface area contributed by atoms with E-state index in [2.05, 4.69) is 36.4 Å². The summed E-state index contributed by atoms with van der Waals surface area (Å²) in [6.45, 7) is 0. The Morgan fingerprint density at radius 2 is 2.27 bits per heavy atom. The van der Waals surface area contributed by atoms with Crippen molar-refractivity contribution in [2.24, 2.45) is 0 Å². The predicted molar refractivity (Wildman–Crippen MR) is 59.8 cm³/mol. The highest BCUT2D eigenvalue weighted by Gasteiger charge is 2.09. The van der Waals surface area contributed by atoms with Gasteiger partial charge in [-0.15, -0.1) is 16.4 Å². The Morgan fingerprint density at radius 1 is 1.40 bits per heavy atom. The van der Waals surface area contributed by atoms with Crippen molar-refractivity contribution in [3.05, 3.63) is 33.2 Å². The van der Waals surface area contributed by atoms with Gasteiger partial charge in [0, 0.05) is 0 Å². The summed E-state index contributed by atoms with van der Waals surface area (Å²) in [6.07, 6.45) is 2.91. The molecule has 0 radical (unpaired) electrons. The minimum absolute atomic E-state index is 0.201. The third kappa shape index (κ3) is 2.57. The lowest BCUT2D eigenvalue weighted by molar-refractivity contribution is 0.102. The molecule has 0 aliphatic carbocycles. The third-order valence-electron chi connectivity index (χ3n) is 1.50. The van der Waals surface area contributed by atoms with E-state index in [0.717, 1.165) is 3.79 Å². The van der Waals surface area contributed by atoms with Crippen LogP contribution in [0.5, 0.6) is 0 Å². The van der Waals surface area contributed by atoms with Gasteiger partial charge in [0.05, 0.1) is 21.1 Å². The number of carbonyl (C=O) groups excluding carboxylic acids is 1. The molecule has 2 aromatic rings. The van der Waals surface area contributed by atoms with Gasteiger partial charge in [-0.3, -0.25) is 10.1 Å². The summed E-state index contributed by atoms with van der Waals surface area (Å²) in [5, 5.41) is 9.79. The number of carbonyl (C=O) groups is 1. The van der Waals surface area contributed by atoms with E-state index < -0.39 is 0 Å². The van der Waals surface area contributed by atoms with Gasteiger partial charge in [-0.2, -0.15) is 5.10 Å². The van der Waals surface area contributed by atoms with Crippen LogP contribution in [0, 0.1) is 0 Å². The number of amides is 1. The van der Waals surface area contributed by atoms with Gasteiger partial charge in [0.2, 0.25) is 5.95 Å². The number of anilines is 1. The zero-order chi connectivity index (χ0) is 10.7. The summed E-state index contributed by atoms with van der Waals surface area (Å²) in [5.41, 5.74) is 0. The maximum Gasteiger partial charge on any atom is 0.268 e. The molecule has 2 heterocycles. The number of nitrogens with zero attached hydrogens (tertiary/aromatic N) is 3. The van der Waals surface area contributed by atoms with Crippen LogP contribution in [-0.2, 0) is 0 Å². The summed E-state index contributed by atoms with van der Waals surface area (Å²) in [5.74, 6) is -0.0364. The van der Waals surface area contributed by atoms with Crippen LogP contribution >= 0.6 is 27.3 Å². The zero-order valence-corrected chi connectivity index (χ0v) is 9.75. The first kappa shape index (κ1) is 10.2. The van der Waals surface area contributed by atoms with Gasteiger partial charge in [0.1, 0.15) is 0 Å². The Bertz CT molecular complexity index is 473. The summed E-state index contributed by atoms with van der Waals surface area (Å²) in [4.78, 5) is 16.0. The molecule has 2 aromatic heterocycles. The fourth-order valence-corrected chi connectivity index (χ4v) is 2.19. The second kappa shape index (κ2) is 4.45. The number of hydrogen-bond acceptors (Lipinski definition) is 5. The first-order chi connectivity index (χ1) is 7.25. The highest BCUT2D eigenvalue weighted by molar-refractivity contribution is 9.11. The molecule has 0 saturated carbocycles. The lowest BCUT2D eigenvalue weighted by Crippen LogP contribution is -2.12. The maximum atomic E-state index is 11.6. The Kier molecular flexibility index (Phi) is 3.02. The van der Waals surface area contributed by atoms with Crippen molar-refractivity contribution in [2.75, 3.05) is 5.32 Å². The van der Waals surface area contributed by atoms with E-state index >= 15 is 0 Å². The molecule has 1 amide bonds. The zero-order valence-electron chi connectivity index (χ0n) is 7.35. The molecule has 0 aliphatic rings. The number of hydrogen-bond donors (Lipinski definition) is 1.